The van der Waals surface area contributed by atoms with Crippen LogP contribution in [0.2, 0.25) is 5.02 Å². The van der Waals surface area contributed by atoms with Crippen LogP contribution in [0, 0.1) is 0 Å². The third-order valence-corrected chi connectivity index (χ3v) is 9.62. The van der Waals surface area contributed by atoms with Gasteiger partial charge in [0.05, 0.1) is 23.0 Å². The molecule has 5 heterocycles. The van der Waals surface area contributed by atoms with Crippen LogP contribution in [-0.2, 0) is 4.74 Å². The molecule has 2 aliphatic heterocycles. The summed E-state index contributed by atoms with van der Waals surface area (Å²) in [5, 5.41) is 11.5. The molecule has 13 heteroatoms. The summed E-state index contributed by atoms with van der Waals surface area (Å²) in [7, 11) is 0. The third-order valence-electron chi connectivity index (χ3n) is 7.25. The standard InChI is InChI=1S/C10H8BrNO.C10H14ClN3.C9H5BrO2S.C4H9NO/c1-6(13)9-4-7-2-3-8(11)5-10(7)12-9;11-9-7-13-4-1-10(9)14-5-2-8(12)3-6-14;10-6-2-1-5-3-8(9(11)12)13-7(5)4-6;5-4-1-2-6-3-4/h2-5,12H,1H3;1,4,7-8H,2-3,5-6,12H2;1-4H,(H,11,12);4H,1-3,5H2. The predicted molar refractivity (Wildman–Crippen MR) is 195 cm³/mol. The number of H-pyrrole nitrogens is 1. The Kier molecular flexibility index (Phi) is 13.6. The molecule has 1 atom stereocenters. The van der Waals surface area contributed by atoms with Gasteiger partial charge in [0.1, 0.15) is 4.88 Å². The zero-order chi connectivity index (χ0) is 33.2. The van der Waals surface area contributed by atoms with E-state index in [-0.39, 0.29) is 5.78 Å². The van der Waals surface area contributed by atoms with Gasteiger partial charge in [0.2, 0.25) is 0 Å². The topological polar surface area (TPSA) is 148 Å². The SMILES string of the molecule is CC(=O)c1cc2ccc(Br)cc2[nH]1.NC1CCN(c2ccncc2Cl)CC1.NC1CCOC1.O=C(O)c1cc2ccc(Br)cc2s1. The van der Waals surface area contributed by atoms with Crippen molar-refractivity contribution in [2.24, 2.45) is 11.5 Å². The number of piperidine rings is 1. The zero-order valence-corrected chi connectivity index (χ0v) is 30.0. The number of benzene rings is 2. The molecule has 0 bridgehead atoms. The van der Waals surface area contributed by atoms with E-state index in [1.165, 1.54) is 11.3 Å². The molecule has 1 unspecified atom stereocenters. The first-order chi connectivity index (χ1) is 22.0. The number of anilines is 1. The molecule has 0 saturated carbocycles. The molecule has 7 rings (SSSR count). The molecule has 3 aromatic heterocycles. The average molecular weight is 794 g/mol. The maximum atomic E-state index is 11.1. The number of carboxylic acid groups (broad SMARTS) is 1. The molecule has 0 radical (unpaired) electrons. The van der Waals surface area contributed by atoms with E-state index in [4.69, 9.17) is 32.9 Å². The van der Waals surface area contributed by atoms with Crippen molar-refractivity contribution >= 4 is 93.2 Å². The number of aromatic carboxylic acids is 1. The van der Waals surface area contributed by atoms with E-state index in [1.807, 2.05) is 48.5 Å². The minimum Gasteiger partial charge on any atom is -0.477 e. The van der Waals surface area contributed by atoms with Gasteiger partial charge in [-0.2, -0.15) is 0 Å². The molecule has 244 valence electrons. The Morgan fingerprint density at radius 3 is 2.28 bits per heavy atom. The lowest BCUT2D eigenvalue weighted by Crippen LogP contribution is -2.39. The molecule has 2 aromatic carbocycles. The summed E-state index contributed by atoms with van der Waals surface area (Å²) in [5.41, 5.74) is 14.0. The predicted octanol–water partition coefficient (Wildman–Crippen LogP) is 7.89. The van der Waals surface area contributed by atoms with E-state index in [2.05, 4.69) is 46.7 Å². The van der Waals surface area contributed by atoms with E-state index >= 15 is 0 Å². The number of Topliss-reactive ketones (excluding diaryl/α,β-unsaturated/α-hetero) is 1. The van der Waals surface area contributed by atoms with Crippen molar-refractivity contribution in [2.75, 3.05) is 31.2 Å². The number of fused-ring (bicyclic) bond motifs is 2. The van der Waals surface area contributed by atoms with Crippen LogP contribution >= 0.6 is 54.8 Å². The summed E-state index contributed by atoms with van der Waals surface area (Å²) in [6.45, 7) is 5.16. The van der Waals surface area contributed by atoms with Crippen LogP contribution in [0.15, 0.2) is 75.9 Å². The van der Waals surface area contributed by atoms with Crippen molar-refractivity contribution in [1.82, 2.24) is 9.97 Å². The number of pyridine rings is 1. The normalized spacial score (nSPS) is 16.1. The molecular weight excluding hydrogens is 758 g/mol. The second-order valence-electron chi connectivity index (χ2n) is 10.8. The summed E-state index contributed by atoms with van der Waals surface area (Å²) >= 11 is 14.1. The number of carboxylic acids is 1. The van der Waals surface area contributed by atoms with Crippen molar-refractivity contribution in [3.63, 3.8) is 0 Å². The first-order valence-corrected chi connectivity index (χ1v) is 17.4. The highest BCUT2D eigenvalue weighted by Gasteiger charge is 2.18. The van der Waals surface area contributed by atoms with Crippen molar-refractivity contribution in [3.8, 4) is 0 Å². The summed E-state index contributed by atoms with van der Waals surface area (Å²) in [4.78, 5) is 31.4. The first-order valence-electron chi connectivity index (χ1n) is 14.6. The highest BCUT2D eigenvalue weighted by molar-refractivity contribution is 9.10. The summed E-state index contributed by atoms with van der Waals surface area (Å²) < 4.78 is 7.91. The molecule has 5 aromatic rings. The number of carbonyl (C=O) groups is 2. The van der Waals surface area contributed by atoms with Gasteiger partial charge >= 0.3 is 5.97 Å². The number of nitrogens with zero attached hydrogens (tertiary/aromatic N) is 2. The number of nitrogens with two attached hydrogens (primary N) is 2. The van der Waals surface area contributed by atoms with Crippen LogP contribution < -0.4 is 16.4 Å². The second kappa shape index (κ2) is 17.4. The van der Waals surface area contributed by atoms with Gasteiger partial charge in [0.15, 0.2) is 5.78 Å². The van der Waals surface area contributed by atoms with Gasteiger partial charge in [-0.15, -0.1) is 11.3 Å². The molecule has 0 aliphatic carbocycles. The number of carbonyl (C=O) groups excluding carboxylic acids is 1. The maximum Gasteiger partial charge on any atom is 0.345 e. The quantitative estimate of drug-likeness (QED) is 0.135. The Balaban J connectivity index is 0.000000144. The first kappa shape index (κ1) is 36.0. The Hall–Kier alpha value is -2.84. The Morgan fingerprint density at radius 1 is 1.00 bits per heavy atom. The van der Waals surface area contributed by atoms with Gasteiger partial charge in [-0.05, 0) is 67.1 Å². The largest absolute Gasteiger partial charge is 0.477 e. The summed E-state index contributed by atoms with van der Waals surface area (Å²) in [5.74, 6) is -0.801. The lowest BCUT2D eigenvalue weighted by atomic mass is 10.1. The zero-order valence-electron chi connectivity index (χ0n) is 25.2. The summed E-state index contributed by atoms with van der Waals surface area (Å²) in [6, 6.07) is 17.8. The lowest BCUT2D eigenvalue weighted by Gasteiger charge is -2.32. The maximum absolute atomic E-state index is 11.1. The number of aromatic amines is 1. The second-order valence-corrected chi connectivity index (χ2v) is 14.2. The van der Waals surface area contributed by atoms with Crippen molar-refractivity contribution in [1.29, 1.82) is 0 Å². The number of hydrogen-bond acceptors (Lipinski definition) is 8. The molecular formula is C33H36Br2ClN5O4S. The lowest BCUT2D eigenvalue weighted by molar-refractivity contribution is 0.0702. The van der Waals surface area contributed by atoms with E-state index in [0.29, 0.717) is 22.7 Å². The number of ether oxygens (including phenoxy) is 1. The van der Waals surface area contributed by atoms with Gasteiger partial charge in [0.25, 0.3) is 0 Å². The smallest absolute Gasteiger partial charge is 0.345 e. The highest BCUT2D eigenvalue weighted by atomic mass is 79.9. The third kappa shape index (κ3) is 10.6. The minimum absolute atomic E-state index is 0.0623. The Morgan fingerprint density at radius 2 is 1.70 bits per heavy atom. The number of halogens is 3. The van der Waals surface area contributed by atoms with Crippen LogP contribution in [-0.4, -0.2) is 65.2 Å². The molecule has 2 saturated heterocycles. The van der Waals surface area contributed by atoms with Crippen LogP contribution in [0.5, 0.6) is 0 Å². The molecule has 2 fully saturated rings. The number of hydrogen-bond donors (Lipinski definition) is 4. The van der Waals surface area contributed by atoms with E-state index in [9.17, 15) is 9.59 Å². The molecule has 2 aliphatic rings. The Bertz CT molecular complexity index is 1680. The van der Waals surface area contributed by atoms with Crippen molar-refractivity contribution in [3.05, 3.63) is 91.5 Å². The van der Waals surface area contributed by atoms with Crippen LogP contribution in [0.3, 0.4) is 0 Å². The van der Waals surface area contributed by atoms with E-state index in [0.717, 1.165) is 86.2 Å². The fourth-order valence-electron chi connectivity index (χ4n) is 4.72. The fraction of sp³-hybridized carbons (Fsp3) is 0.303. The molecule has 0 spiro atoms. The number of nitrogens with one attached hydrogen (secondary N) is 1. The number of thiophene rings is 1. The highest BCUT2D eigenvalue weighted by Crippen LogP contribution is 2.28. The molecule has 0 amide bonds. The number of aromatic nitrogens is 2. The van der Waals surface area contributed by atoms with Gasteiger partial charge in [-0.3, -0.25) is 9.78 Å². The van der Waals surface area contributed by atoms with Crippen molar-refractivity contribution < 1.29 is 19.4 Å². The van der Waals surface area contributed by atoms with Gasteiger partial charge in [0, 0.05) is 75.6 Å². The monoisotopic (exact) mass is 791 g/mol. The van der Waals surface area contributed by atoms with E-state index in [1.54, 1.807) is 25.4 Å². The molecule has 6 N–H and O–H groups in total. The number of ketones is 1. The Labute approximate surface area is 293 Å². The number of rotatable bonds is 3. The van der Waals surface area contributed by atoms with Gasteiger partial charge in [-0.1, -0.05) is 55.6 Å². The summed E-state index contributed by atoms with van der Waals surface area (Å²) in [6.07, 6.45) is 6.58. The fourth-order valence-corrected chi connectivity index (χ4v) is 6.77. The van der Waals surface area contributed by atoms with Gasteiger partial charge in [-0.25, -0.2) is 4.79 Å². The minimum atomic E-state index is -0.864. The molecule has 9 nitrogen and oxygen atoms in total. The van der Waals surface area contributed by atoms with Crippen LogP contribution in [0.4, 0.5) is 5.69 Å². The van der Waals surface area contributed by atoms with Crippen LogP contribution in [0.25, 0.3) is 21.0 Å². The average Bonchev–Trinajstić information content (AvgIpc) is 3.78. The van der Waals surface area contributed by atoms with E-state index < -0.39 is 5.97 Å². The molecule has 46 heavy (non-hydrogen) atoms. The van der Waals surface area contributed by atoms with Crippen molar-refractivity contribution in [2.45, 2.75) is 38.3 Å². The van der Waals surface area contributed by atoms with Crippen LogP contribution in [0.1, 0.15) is 46.3 Å². The van der Waals surface area contributed by atoms with Gasteiger partial charge < -0.3 is 31.2 Å².